The van der Waals surface area contributed by atoms with E-state index in [0.717, 1.165) is 27.9 Å². The van der Waals surface area contributed by atoms with E-state index in [1.165, 1.54) is 6.26 Å². The number of benzene rings is 1. The standard InChI is InChI=1S/C17H18N2O2S/c1-11(2)16-10-15-14(8-9-18-17(15)19-16)12-4-6-13(7-5-12)22(3,20)21/h4-11H,1-3H3,(H,18,19). The number of nitrogens with one attached hydrogen (secondary N) is 1. The van der Waals surface area contributed by atoms with E-state index in [0.29, 0.717) is 10.8 Å². The highest BCUT2D eigenvalue weighted by Crippen LogP contribution is 2.30. The van der Waals surface area contributed by atoms with Gasteiger partial charge in [-0.2, -0.15) is 0 Å². The van der Waals surface area contributed by atoms with Crippen LogP contribution in [-0.4, -0.2) is 24.6 Å². The summed E-state index contributed by atoms with van der Waals surface area (Å²) in [5, 5.41) is 1.05. The summed E-state index contributed by atoms with van der Waals surface area (Å²) in [6, 6.07) is 11.0. The van der Waals surface area contributed by atoms with Crippen LogP contribution in [0.15, 0.2) is 47.5 Å². The first-order valence-electron chi connectivity index (χ1n) is 7.14. The molecule has 2 aromatic heterocycles. The van der Waals surface area contributed by atoms with E-state index in [9.17, 15) is 8.42 Å². The van der Waals surface area contributed by atoms with Crippen LogP contribution in [0.5, 0.6) is 0 Å². The van der Waals surface area contributed by atoms with Crippen molar-refractivity contribution in [3.05, 3.63) is 48.3 Å². The number of rotatable bonds is 3. The number of hydrogen-bond donors (Lipinski definition) is 1. The van der Waals surface area contributed by atoms with Gasteiger partial charge in [0.2, 0.25) is 0 Å². The first-order chi connectivity index (χ1) is 10.4. The van der Waals surface area contributed by atoms with Crippen molar-refractivity contribution < 1.29 is 8.42 Å². The van der Waals surface area contributed by atoms with Crippen LogP contribution in [0.25, 0.3) is 22.2 Å². The number of sulfone groups is 1. The molecule has 1 N–H and O–H groups in total. The molecule has 2 heterocycles. The molecule has 5 heteroatoms. The van der Waals surface area contributed by atoms with Gasteiger partial charge >= 0.3 is 0 Å². The van der Waals surface area contributed by atoms with Gasteiger partial charge in [-0.05, 0) is 41.3 Å². The quantitative estimate of drug-likeness (QED) is 0.800. The highest BCUT2D eigenvalue weighted by Gasteiger charge is 2.11. The van der Waals surface area contributed by atoms with Crippen LogP contribution in [0.4, 0.5) is 0 Å². The van der Waals surface area contributed by atoms with Crippen molar-refractivity contribution in [2.75, 3.05) is 6.26 Å². The van der Waals surface area contributed by atoms with Crippen molar-refractivity contribution in [3.8, 4) is 11.1 Å². The number of fused-ring (bicyclic) bond motifs is 1. The van der Waals surface area contributed by atoms with Crippen molar-refractivity contribution in [3.63, 3.8) is 0 Å². The predicted molar refractivity (Wildman–Crippen MR) is 88.7 cm³/mol. The van der Waals surface area contributed by atoms with E-state index in [-0.39, 0.29) is 0 Å². The maximum Gasteiger partial charge on any atom is 0.175 e. The molecule has 0 spiro atoms. The van der Waals surface area contributed by atoms with E-state index < -0.39 is 9.84 Å². The van der Waals surface area contributed by atoms with Crippen molar-refractivity contribution in [1.82, 2.24) is 9.97 Å². The molecule has 114 valence electrons. The van der Waals surface area contributed by atoms with Gasteiger partial charge in [0.05, 0.1) is 4.90 Å². The zero-order chi connectivity index (χ0) is 15.9. The molecule has 0 bridgehead atoms. The second kappa shape index (κ2) is 5.25. The van der Waals surface area contributed by atoms with Crippen LogP contribution in [0.2, 0.25) is 0 Å². The van der Waals surface area contributed by atoms with E-state index in [4.69, 9.17) is 0 Å². The number of pyridine rings is 1. The Morgan fingerprint density at radius 2 is 1.77 bits per heavy atom. The Morgan fingerprint density at radius 3 is 2.36 bits per heavy atom. The number of nitrogens with zero attached hydrogens (tertiary/aromatic N) is 1. The van der Waals surface area contributed by atoms with Crippen LogP contribution in [0.1, 0.15) is 25.5 Å². The van der Waals surface area contributed by atoms with Crippen LogP contribution in [0.3, 0.4) is 0 Å². The minimum absolute atomic E-state index is 0.332. The second-order valence-corrected chi connectivity index (χ2v) is 7.81. The van der Waals surface area contributed by atoms with E-state index in [1.807, 2.05) is 18.2 Å². The Morgan fingerprint density at radius 1 is 1.09 bits per heavy atom. The molecule has 1 aromatic carbocycles. The summed E-state index contributed by atoms with van der Waals surface area (Å²) in [7, 11) is -3.17. The summed E-state index contributed by atoms with van der Waals surface area (Å²) in [5.74, 6) is 0.398. The minimum Gasteiger partial charge on any atom is -0.343 e. The van der Waals surface area contributed by atoms with Crippen LogP contribution >= 0.6 is 0 Å². The Bertz CT molecular complexity index is 923. The minimum atomic E-state index is -3.17. The van der Waals surface area contributed by atoms with Crippen LogP contribution in [0, 0.1) is 0 Å². The van der Waals surface area contributed by atoms with Crippen molar-refractivity contribution in [2.45, 2.75) is 24.7 Å². The molecule has 0 atom stereocenters. The molecule has 0 unspecified atom stereocenters. The van der Waals surface area contributed by atoms with Gasteiger partial charge in [0, 0.05) is 23.5 Å². The van der Waals surface area contributed by atoms with Crippen molar-refractivity contribution in [1.29, 1.82) is 0 Å². The molecule has 0 fully saturated rings. The third-order valence-corrected chi connectivity index (χ3v) is 4.90. The molecule has 4 nitrogen and oxygen atoms in total. The maximum atomic E-state index is 11.6. The smallest absolute Gasteiger partial charge is 0.175 e. The average Bonchev–Trinajstić information content (AvgIpc) is 2.90. The molecule has 0 saturated heterocycles. The first-order valence-corrected chi connectivity index (χ1v) is 9.03. The predicted octanol–water partition coefficient (Wildman–Crippen LogP) is 3.76. The lowest BCUT2D eigenvalue weighted by atomic mass is 10.0. The van der Waals surface area contributed by atoms with Gasteiger partial charge in [-0.3, -0.25) is 0 Å². The van der Waals surface area contributed by atoms with Gasteiger partial charge in [0.1, 0.15) is 5.65 Å². The lowest BCUT2D eigenvalue weighted by Gasteiger charge is -2.04. The van der Waals surface area contributed by atoms with E-state index >= 15 is 0 Å². The van der Waals surface area contributed by atoms with Crippen LogP contribution in [-0.2, 0) is 9.84 Å². The largest absolute Gasteiger partial charge is 0.343 e. The number of H-pyrrole nitrogens is 1. The summed E-state index contributed by atoms with van der Waals surface area (Å²) >= 11 is 0. The summed E-state index contributed by atoms with van der Waals surface area (Å²) in [4.78, 5) is 8.04. The van der Waals surface area contributed by atoms with Gasteiger partial charge < -0.3 is 4.98 Å². The van der Waals surface area contributed by atoms with Gasteiger partial charge in [0.15, 0.2) is 9.84 Å². The molecule has 3 aromatic rings. The van der Waals surface area contributed by atoms with Crippen molar-refractivity contribution >= 4 is 20.9 Å². The zero-order valence-corrected chi connectivity index (χ0v) is 13.6. The molecular weight excluding hydrogens is 296 g/mol. The Balaban J connectivity index is 2.13. The maximum absolute atomic E-state index is 11.6. The summed E-state index contributed by atoms with van der Waals surface area (Å²) in [6.45, 7) is 4.26. The molecule has 0 radical (unpaired) electrons. The van der Waals surface area contributed by atoms with Gasteiger partial charge in [0.25, 0.3) is 0 Å². The fourth-order valence-corrected chi connectivity index (χ4v) is 3.12. The highest BCUT2D eigenvalue weighted by atomic mass is 32.2. The van der Waals surface area contributed by atoms with Gasteiger partial charge in [-0.25, -0.2) is 13.4 Å². The second-order valence-electron chi connectivity index (χ2n) is 5.80. The Labute approximate surface area is 130 Å². The lowest BCUT2D eigenvalue weighted by molar-refractivity contribution is 0.602. The van der Waals surface area contributed by atoms with Crippen LogP contribution < -0.4 is 0 Å². The third-order valence-electron chi connectivity index (χ3n) is 3.77. The van der Waals surface area contributed by atoms with E-state index in [2.05, 4.69) is 29.9 Å². The fourth-order valence-electron chi connectivity index (χ4n) is 2.49. The summed E-state index contributed by atoms with van der Waals surface area (Å²) in [5.41, 5.74) is 4.03. The lowest BCUT2D eigenvalue weighted by Crippen LogP contribution is -1.96. The molecule has 0 saturated carbocycles. The normalized spacial score (nSPS) is 12.2. The molecular formula is C17H18N2O2S. The number of aromatic nitrogens is 2. The monoisotopic (exact) mass is 314 g/mol. The van der Waals surface area contributed by atoms with E-state index in [1.54, 1.807) is 18.3 Å². The summed E-state index contributed by atoms with van der Waals surface area (Å²) < 4.78 is 23.1. The molecule has 0 aliphatic rings. The van der Waals surface area contributed by atoms with Crippen molar-refractivity contribution in [2.24, 2.45) is 0 Å². The topological polar surface area (TPSA) is 62.8 Å². The number of hydrogen-bond acceptors (Lipinski definition) is 3. The third kappa shape index (κ3) is 2.64. The first kappa shape index (κ1) is 14.8. The molecule has 22 heavy (non-hydrogen) atoms. The fraction of sp³-hybridized carbons (Fsp3) is 0.235. The zero-order valence-electron chi connectivity index (χ0n) is 12.8. The van der Waals surface area contributed by atoms with Gasteiger partial charge in [-0.1, -0.05) is 26.0 Å². The molecule has 0 aliphatic heterocycles. The Hall–Kier alpha value is -2.14. The number of aromatic amines is 1. The Kier molecular flexibility index (Phi) is 3.53. The highest BCUT2D eigenvalue weighted by molar-refractivity contribution is 7.90. The molecule has 0 amide bonds. The molecule has 0 aliphatic carbocycles. The summed E-state index contributed by atoms with van der Waals surface area (Å²) in [6.07, 6.45) is 2.98. The molecule has 3 rings (SSSR count). The van der Waals surface area contributed by atoms with Gasteiger partial charge in [-0.15, -0.1) is 0 Å². The average molecular weight is 314 g/mol. The SMILES string of the molecule is CC(C)c1cc2c(-c3ccc(S(C)(=O)=O)cc3)ccnc2[nH]1.